The fraction of sp³-hybridized carbons (Fsp3) is 0.417. The molecule has 0 saturated carbocycles. The number of carbonyl (C=O) groups is 1. The Bertz CT molecular complexity index is 644. The maximum atomic E-state index is 12.2. The van der Waals surface area contributed by atoms with E-state index in [-0.39, 0.29) is 29.8 Å². The van der Waals surface area contributed by atoms with Crippen molar-refractivity contribution in [1.29, 1.82) is 0 Å². The van der Waals surface area contributed by atoms with E-state index in [0.29, 0.717) is 22.1 Å². The highest BCUT2D eigenvalue weighted by Crippen LogP contribution is 2.32. The molecular formula is C12H16BrN3O3S. The first-order valence-electron chi connectivity index (χ1n) is 6.17. The van der Waals surface area contributed by atoms with Crippen LogP contribution in [0.2, 0.25) is 0 Å². The van der Waals surface area contributed by atoms with E-state index in [4.69, 9.17) is 5.73 Å². The van der Waals surface area contributed by atoms with Crippen molar-refractivity contribution >= 4 is 37.5 Å². The van der Waals surface area contributed by atoms with E-state index in [2.05, 4.69) is 26.0 Å². The Morgan fingerprint density at radius 3 is 2.85 bits per heavy atom. The number of halogens is 1. The van der Waals surface area contributed by atoms with E-state index in [0.717, 1.165) is 0 Å². The zero-order chi connectivity index (χ0) is 14.9. The van der Waals surface area contributed by atoms with Gasteiger partial charge in [0.1, 0.15) is 0 Å². The van der Waals surface area contributed by atoms with E-state index < -0.39 is 10.0 Å². The second kappa shape index (κ2) is 5.80. The fourth-order valence-electron chi connectivity index (χ4n) is 1.93. The first-order valence-corrected chi connectivity index (χ1v) is 8.45. The summed E-state index contributed by atoms with van der Waals surface area (Å²) >= 11 is 3.23. The number of sulfonamides is 1. The Morgan fingerprint density at radius 2 is 2.20 bits per heavy atom. The number of rotatable bonds is 5. The average molecular weight is 362 g/mol. The van der Waals surface area contributed by atoms with Gasteiger partial charge < -0.3 is 11.1 Å². The first kappa shape index (κ1) is 15.4. The molecule has 0 radical (unpaired) electrons. The minimum absolute atomic E-state index is 0.0667. The summed E-state index contributed by atoms with van der Waals surface area (Å²) < 4.78 is 27.4. The van der Waals surface area contributed by atoms with Crippen LogP contribution in [0.1, 0.15) is 18.9 Å². The quantitative estimate of drug-likeness (QED) is 0.726. The van der Waals surface area contributed by atoms with Crippen LogP contribution in [0.4, 0.5) is 5.69 Å². The Labute approximate surface area is 126 Å². The minimum atomic E-state index is -3.62. The number of fused-ring (bicyclic) bond motifs is 1. The van der Waals surface area contributed by atoms with Crippen molar-refractivity contribution in [3.8, 4) is 0 Å². The van der Waals surface area contributed by atoms with Gasteiger partial charge in [0.2, 0.25) is 15.9 Å². The normalized spacial score (nSPS) is 15.8. The molecule has 1 aliphatic rings. The number of hydrogen-bond donors (Lipinski definition) is 3. The molecule has 20 heavy (non-hydrogen) atoms. The molecule has 0 bridgehead atoms. The minimum Gasteiger partial charge on any atom is -0.328 e. The standard InChI is InChI=1S/C12H16BrN3O3S/c1-7(14)2-3-15-20(18,19)11-4-8-5-12(17)16-10(8)6-9(11)13/h4,6-7,15H,2-3,5,14H2,1H3,(H,16,17). The molecule has 0 aliphatic carbocycles. The Hall–Kier alpha value is -0.960. The summed E-state index contributed by atoms with van der Waals surface area (Å²) in [6.07, 6.45) is 0.757. The lowest BCUT2D eigenvalue weighted by Gasteiger charge is -2.11. The summed E-state index contributed by atoms with van der Waals surface area (Å²) in [4.78, 5) is 11.5. The Balaban J connectivity index is 2.24. The second-order valence-electron chi connectivity index (χ2n) is 4.83. The number of nitrogens with two attached hydrogens (primary N) is 1. The highest BCUT2D eigenvalue weighted by atomic mass is 79.9. The summed E-state index contributed by atoms with van der Waals surface area (Å²) in [5, 5.41) is 2.67. The van der Waals surface area contributed by atoms with Gasteiger partial charge in [-0.1, -0.05) is 0 Å². The monoisotopic (exact) mass is 361 g/mol. The summed E-state index contributed by atoms with van der Waals surface area (Å²) in [5.41, 5.74) is 6.92. The predicted molar refractivity (Wildman–Crippen MR) is 79.9 cm³/mol. The maximum absolute atomic E-state index is 12.2. The number of hydrogen-bond acceptors (Lipinski definition) is 4. The molecule has 0 saturated heterocycles. The third kappa shape index (κ3) is 3.38. The number of nitrogens with one attached hydrogen (secondary N) is 2. The van der Waals surface area contributed by atoms with Gasteiger partial charge in [0.05, 0.1) is 11.3 Å². The van der Waals surface area contributed by atoms with Crippen molar-refractivity contribution in [1.82, 2.24) is 4.72 Å². The van der Waals surface area contributed by atoms with Crippen molar-refractivity contribution < 1.29 is 13.2 Å². The highest BCUT2D eigenvalue weighted by molar-refractivity contribution is 9.10. The van der Waals surface area contributed by atoms with Gasteiger partial charge in [-0.3, -0.25) is 4.79 Å². The maximum Gasteiger partial charge on any atom is 0.241 e. The third-order valence-electron chi connectivity index (χ3n) is 2.96. The molecule has 8 heteroatoms. The van der Waals surface area contributed by atoms with Gasteiger partial charge in [0, 0.05) is 22.7 Å². The van der Waals surface area contributed by atoms with Crippen LogP contribution in [0.25, 0.3) is 0 Å². The average Bonchev–Trinajstić information content (AvgIpc) is 2.66. The zero-order valence-corrected chi connectivity index (χ0v) is 13.3. The number of amides is 1. The van der Waals surface area contributed by atoms with E-state index in [9.17, 15) is 13.2 Å². The molecule has 110 valence electrons. The molecule has 1 atom stereocenters. The topological polar surface area (TPSA) is 101 Å². The van der Waals surface area contributed by atoms with Crippen LogP contribution in [-0.4, -0.2) is 26.9 Å². The van der Waals surface area contributed by atoms with Gasteiger partial charge in [-0.15, -0.1) is 0 Å². The molecule has 0 fully saturated rings. The smallest absolute Gasteiger partial charge is 0.241 e. The van der Waals surface area contributed by atoms with Crippen LogP contribution in [0, 0.1) is 0 Å². The summed E-state index contributed by atoms with van der Waals surface area (Å²) in [5.74, 6) is -0.133. The SMILES string of the molecule is CC(N)CCNS(=O)(=O)c1cc2c(cc1Br)NC(=O)C2. The molecule has 0 spiro atoms. The number of carbonyl (C=O) groups excluding carboxylic acids is 1. The fourth-order valence-corrected chi connectivity index (χ4v) is 4.07. The van der Waals surface area contributed by atoms with Crippen LogP contribution in [0.3, 0.4) is 0 Å². The molecular weight excluding hydrogens is 346 g/mol. The number of anilines is 1. The third-order valence-corrected chi connectivity index (χ3v) is 5.38. The molecule has 1 amide bonds. The van der Waals surface area contributed by atoms with Gasteiger partial charge in [-0.25, -0.2) is 13.1 Å². The predicted octanol–water partition coefficient (Wildman–Crippen LogP) is 0.959. The molecule has 1 aliphatic heterocycles. The lowest BCUT2D eigenvalue weighted by Crippen LogP contribution is -2.29. The molecule has 0 aromatic heterocycles. The van der Waals surface area contributed by atoms with Crippen molar-refractivity contribution in [3.63, 3.8) is 0 Å². The van der Waals surface area contributed by atoms with Crippen molar-refractivity contribution in [2.45, 2.75) is 30.7 Å². The van der Waals surface area contributed by atoms with Gasteiger partial charge in [0.25, 0.3) is 0 Å². The van der Waals surface area contributed by atoms with Crippen LogP contribution >= 0.6 is 15.9 Å². The Morgan fingerprint density at radius 1 is 1.50 bits per heavy atom. The molecule has 1 aromatic rings. The van der Waals surface area contributed by atoms with Crippen molar-refractivity contribution in [2.75, 3.05) is 11.9 Å². The second-order valence-corrected chi connectivity index (χ2v) is 7.42. The largest absolute Gasteiger partial charge is 0.328 e. The van der Waals surface area contributed by atoms with Crippen molar-refractivity contribution in [2.24, 2.45) is 5.73 Å². The lowest BCUT2D eigenvalue weighted by molar-refractivity contribution is -0.115. The van der Waals surface area contributed by atoms with E-state index >= 15 is 0 Å². The van der Waals surface area contributed by atoms with Crippen molar-refractivity contribution in [3.05, 3.63) is 22.2 Å². The van der Waals surface area contributed by atoms with Gasteiger partial charge in [-0.2, -0.15) is 0 Å². The van der Waals surface area contributed by atoms with Crippen LogP contribution in [0.15, 0.2) is 21.5 Å². The van der Waals surface area contributed by atoms with Crippen LogP contribution in [-0.2, 0) is 21.2 Å². The van der Waals surface area contributed by atoms with Gasteiger partial charge in [0.15, 0.2) is 0 Å². The van der Waals surface area contributed by atoms with E-state index in [1.807, 2.05) is 6.92 Å². The van der Waals surface area contributed by atoms with Crippen LogP contribution in [0.5, 0.6) is 0 Å². The molecule has 4 N–H and O–H groups in total. The summed E-state index contributed by atoms with van der Waals surface area (Å²) in [7, 11) is -3.62. The molecule has 1 unspecified atom stereocenters. The van der Waals surface area contributed by atoms with Gasteiger partial charge in [-0.05, 0) is 47.0 Å². The molecule has 6 nitrogen and oxygen atoms in total. The highest BCUT2D eigenvalue weighted by Gasteiger charge is 2.24. The summed E-state index contributed by atoms with van der Waals surface area (Å²) in [6, 6.07) is 3.06. The molecule has 1 heterocycles. The first-order chi connectivity index (χ1) is 9.29. The number of benzene rings is 1. The van der Waals surface area contributed by atoms with E-state index in [1.54, 1.807) is 6.07 Å². The molecule has 1 aromatic carbocycles. The lowest BCUT2D eigenvalue weighted by atomic mass is 10.2. The van der Waals surface area contributed by atoms with Crippen LogP contribution < -0.4 is 15.8 Å². The summed E-state index contributed by atoms with van der Waals surface area (Å²) in [6.45, 7) is 2.09. The zero-order valence-electron chi connectivity index (χ0n) is 10.9. The Kier molecular flexibility index (Phi) is 4.48. The van der Waals surface area contributed by atoms with E-state index in [1.165, 1.54) is 6.07 Å². The molecule has 2 rings (SSSR count). The van der Waals surface area contributed by atoms with Gasteiger partial charge >= 0.3 is 0 Å².